The van der Waals surface area contributed by atoms with Crippen LogP contribution in [-0.2, 0) is 4.79 Å². The fraction of sp³-hybridized carbons (Fsp3) is 0.500. The number of rotatable bonds is 1. The topological polar surface area (TPSA) is 20.3 Å². The Bertz CT molecular complexity index is 475. The molecule has 2 unspecified atom stereocenters. The van der Waals surface area contributed by atoms with Crippen molar-refractivity contribution < 1.29 is 9.18 Å². The van der Waals surface area contributed by atoms with Gasteiger partial charge in [0.15, 0.2) is 0 Å². The smallest absolute Gasteiger partial charge is 0.146 e. The van der Waals surface area contributed by atoms with E-state index < -0.39 is 0 Å². The molecule has 1 aromatic rings. The Morgan fingerprint density at radius 1 is 1.22 bits per heavy atom. The van der Waals surface area contributed by atoms with Crippen molar-refractivity contribution in [2.75, 3.05) is 4.90 Å². The fourth-order valence-corrected chi connectivity index (χ4v) is 3.60. The molecule has 0 radical (unpaired) electrons. The first-order valence-corrected chi connectivity index (χ1v) is 7.19. The summed E-state index contributed by atoms with van der Waals surface area (Å²) in [5.41, 5.74) is 0.645. The van der Waals surface area contributed by atoms with Gasteiger partial charge in [0, 0.05) is 29.4 Å². The fourth-order valence-electron chi connectivity index (χ4n) is 3.25. The van der Waals surface area contributed by atoms with Crippen molar-refractivity contribution in [2.45, 2.75) is 44.2 Å². The van der Waals surface area contributed by atoms with Crippen molar-refractivity contribution in [1.29, 1.82) is 0 Å². The Morgan fingerprint density at radius 2 is 1.89 bits per heavy atom. The minimum Gasteiger partial charge on any atom is -0.362 e. The largest absolute Gasteiger partial charge is 0.362 e. The number of carbonyl (C=O) groups is 1. The summed E-state index contributed by atoms with van der Waals surface area (Å²) < 4.78 is 14.9. The quantitative estimate of drug-likeness (QED) is 0.788. The van der Waals surface area contributed by atoms with E-state index in [2.05, 4.69) is 20.8 Å². The van der Waals surface area contributed by atoms with Crippen molar-refractivity contribution >= 4 is 27.4 Å². The van der Waals surface area contributed by atoms with Gasteiger partial charge in [-0.1, -0.05) is 15.9 Å². The molecule has 2 bridgehead atoms. The zero-order chi connectivity index (χ0) is 12.7. The molecule has 2 atom stereocenters. The molecule has 2 aliphatic heterocycles. The zero-order valence-corrected chi connectivity index (χ0v) is 11.6. The third kappa shape index (κ3) is 2.07. The van der Waals surface area contributed by atoms with Gasteiger partial charge in [0.25, 0.3) is 0 Å². The zero-order valence-electron chi connectivity index (χ0n) is 10.0. The summed E-state index contributed by atoms with van der Waals surface area (Å²) in [7, 11) is 0. The second-order valence-electron chi connectivity index (χ2n) is 5.19. The predicted octanol–water partition coefficient (Wildman–Crippen LogP) is 3.68. The highest BCUT2D eigenvalue weighted by molar-refractivity contribution is 9.10. The number of anilines is 1. The molecule has 4 heteroatoms. The number of halogens is 2. The lowest BCUT2D eigenvalue weighted by atomic mass is 9.83. The maximum atomic E-state index is 14.0. The molecule has 18 heavy (non-hydrogen) atoms. The molecule has 96 valence electrons. The first kappa shape index (κ1) is 12.2. The molecule has 0 amide bonds. The Balaban J connectivity index is 2.00. The van der Waals surface area contributed by atoms with Crippen LogP contribution in [-0.4, -0.2) is 17.9 Å². The predicted molar refractivity (Wildman–Crippen MR) is 72.2 cm³/mol. The summed E-state index contributed by atoms with van der Waals surface area (Å²) in [6.45, 7) is 0. The minimum absolute atomic E-state index is 0.189. The maximum Gasteiger partial charge on any atom is 0.146 e. The summed E-state index contributed by atoms with van der Waals surface area (Å²) in [6.07, 6.45) is 4.28. The highest BCUT2D eigenvalue weighted by atomic mass is 79.9. The van der Waals surface area contributed by atoms with Crippen molar-refractivity contribution in [3.63, 3.8) is 0 Å². The third-order valence-corrected chi connectivity index (χ3v) is 4.47. The molecule has 0 aromatic heterocycles. The third-order valence-electron chi connectivity index (χ3n) is 3.97. The van der Waals surface area contributed by atoms with Gasteiger partial charge in [0.1, 0.15) is 11.6 Å². The average molecular weight is 312 g/mol. The van der Waals surface area contributed by atoms with E-state index in [0.717, 1.165) is 23.7 Å². The molecular weight excluding hydrogens is 297 g/mol. The second kappa shape index (κ2) is 4.65. The lowest BCUT2D eigenvalue weighted by Gasteiger charge is -2.47. The average Bonchev–Trinajstić information content (AvgIpc) is 2.31. The molecule has 0 aliphatic carbocycles. The summed E-state index contributed by atoms with van der Waals surface area (Å²) >= 11 is 3.39. The molecule has 3 rings (SSSR count). The van der Waals surface area contributed by atoms with E-state index in [-0.39, 0.29) is 17.9 Å². The van der Waals surface area contributed by atoms with Gasteiger partial charge in [-0.2, -0.15) is 0 Å². The Morgan fingerprint density at radius 3 is 2.56 bits per heavy atom. The number of benzene rings is 1. The van der Waals surface area contributed by atoms with E-state index in [1.807, 2.05) is 6.07 Å². The van der Waals surface area contributed by atoms with Crippen molar-refractivity contribution in [2.24, 2.45) is 0 Å². The van der Waals surface area contributed by atoms with Gasteiger partial charge in [0.2, 0.25) is 0 Å². The van der Waals surface area contributed by atoms with Gasteiger partial charge in [-0.05, 0) is 37.5 Å². The highest BCUT2D eigenvalue weighted by Crippen LogP contribution is 2.38. The van der Waals surface area contributed by atoms with Crippen LogP contribution >= 0.6 is 15.9 Å². The van der Waals surface area contributed by atoms with E-state index in [1.54, 1.807) is 6.07 Å². The lowest BCUT2D eigenvalue weighted by molar-refractivity contribution is -0.121. The number of Topliss-reactive ketones (excluding diaryl/α,β-unsaturated/α-hetero) is 1. The van der Waals surface area contributed by atoms with Crippen LogP contribution in [0.4, 0.5) is 10.1 Å². The molecule has 1 aromatic carbocycles. The first-order chi connectivity index (χ1) is 8.65. The molecular formula is C14H15BrFNO. The van der Waals surface area contributed by atoms with Crippen LogP contribution in [0.1, 0.15) is 32.1 Å². The number of ketones is 1. The molecule has 2 saturated heterocycles. The standard InChI is InChI=1S/C14H15BrFNO/c15-9-4-5-13(16)14(6-9)17-10-2-1-3-11(17)8-12(18)7-10/h4-6,10-11H,1-3,7-8H2. The normalized spacial score (nSPS) is 27.4. The van der Waals surface area contributed by atoms with Gasteiger partial charge in [-0.15, -0.1) is 0 Å². The summed E-state index contributed by atoms with van der Waals surface area (Å²) in [6, 6.07) is 5.41. The number of piperidine rings is 2. The SMILES string of the molecule is O=C1CC2CCCC(C1)N2c1cc(Br)ccc1F. The minimum atomic E-state index is -0.190. The molecule has 2 nitrogen and oxygen atoms in total. The lowest BCUT2D eigenvalue weighted by Crippen LogP contribution is -2.52. The molecule has 0 spiro atoms. The summed E-state index contributed by atoms with van der Waals surface area (Å²) in [4.78, 5) is 13.8. The molecule has 2 heterocycles. The van der Waals surface area contributed by atoms with Crippen LogP contribution in [0, 0.1) is 5.82 Å². The van der Waals surface area contributed by atoms with E-state index in [0.29, 0.717) is 24.3 Å². The van der Waals surface area contributed by atoms with Gasteiger partial charge < -0.3 is 4.90 Å². The monoisotopic (exact) mass is 311 g/mol. The summed E-state index contributed by atoms with van der Waals surface area (Å²) in [5.74, 6) is 0.140. The molecule has 2 aliphatic rings. The van der Waals surface area contributed by atoms with E-state index in [1.165, 1.54) is 6.07 Å². The van der Waals surface area contributed by atoms with Crippen molar-refractivity contribution in [1.82, 2.24) is 0 Å². The van der Waals surface area contributed by atoms with Crippen LogP contribution < -0.4 is 4.90 Å². The number of hydrogen-bond donors (Lipinski definition) is 0. The summed E-state index contributed by atoms with van der Waals surface area (Å²) in [5, 5.41) is 0. The van der Waals surface area contributed by atoms with Crippen molar-refractivity contribution in [3.05, 3.63) is 28.5 Å². The van der Waals surface area contributed by atoms with Crippen LogP contribution in [0.15, 0.2) is 22.7 Å². The van der Waals surface area contributed by atoms with Gasteiger partial charge >= 0.3 is 0 Å². The van der Waals surface area contributed by atoms with Crippen LogP contribution in [0.5, 0.6) is 0 Å². The van der Waals surface area contributed by atoms with E-state index in [9.17, 15) is 9.18 Å². The van der Waals surface area contributed by atoms with Gasteiger partial charge in [0.05, 0.1) is 5.69 Å². The van der Waals surface area contributed by atoms with E-state index >= 15 is 0 Å². The van der Waals surface area contributed by atoms with Crippen LogP contribution in [0.2, 0.25) is 0 Å². The second-order valence-corrected chi connectivity index (χ2v) is 6.10. The van der Waals surface area contributed by atoms with Gasteiger partial charge in [-0.25, -0.2) is 4.39 Å². The van der Waals surface area contributed by atoms with Crippen LogP contribution in [0.25, 0.3) is 0 Å². The number of nitrogens with zero attached hydrogens (tertiary/aromatic N) is 1. The molecule has 0 saturated carbocycles. The Hall–Kier alpha value is -0.900. The molecule has 0 N–H and O–H groups in total. The Kier molecular flexibility index (Phi) is 3.14. The number of fused-ring (bicyclic) bond motifs is 2. The van der Waals surface area contributed by atoms with E-state index in [4.69, 9.17) is 0 Å². The number of carbonyl (C=O) groups excluding carboxylic acids is 1. The molecule has 2 fully saturated rings. The maximum absolute atomic E-state index is 14.0. The van der Waals surface area contributed by atoms with Crippen LogP contribution in [0.3, 0.4) is 0 Å². The van der Waals surface area contributed by atoms with Gasteiger partial charge in [-0.3, -0.25) is 4.79 Å². The Labute approximate surface area is 114 Å². The number of hydrogen-bond acceptors (Lipinski definition) is 2. The highest BCUT2D eigenvalue weighted by Gasteiger charge is 2.38. The first-order valence-electron chi connectivity index (χ1n) is 6.40. The van der Waals surface area contributed by atoms with Crippen molar-refractivity contribution in [3.8, 4) is 0 Å².